The molecular weight excluding hydrogens is 288 g/mol. The van der Waals surface area contributed by atoms with Crippen LogP contribution >= 0.6 is 0 Å². The van der Waals surface area contributed by atoms with Gasteiger partial charge < -0.3 is 10.2 Å². The Morgan fingerprint density at radius 2 is 1.95 bits per heavy atom. The van der Waals surface area contributed by atoms with Crippen molar-refractivity contribution < 1.29 is 12.8 Å². The molecule has 0 aliphatic carbocycles. The predicted octanol–water partition coefficient (Wildman–Crippen LogP) is 2.69. The Kier molecular flexibility index (Phi) is 3.17. The van der Waals surface area contributed by atoms with Gasteiger partial charge >= 0.3 is 0 Å². The average molecular weight is 302 g/mol. The van der Waals surface area contributed by atoms with E-state index in [0.29, 0.717) is 16.8 Å². The fourth-order valence-corrected chi connectivity index (χ4v) is 3.40. The number of sulfone groups is 1. The Bertz CT molecular complexity index is 914. The largest absolute Gasteiger partial charge is 0.439 e. The van der Waals surface area contributed by atoms with Crippen molar-refractivity contribution in [3.63, 3.8) is 0 Å². The van der Waals surface area contributed by atoms with Crippen LogP contribution in [0.1, 0.15) is 11.5 Å². The summed E-state index contributed by atoms with van der Waals surface area (Å²) in [5.74, 6) is -0.144. The highest BCUT2D eigenvalue weighted by Gasteiger charge is 2.19. The van der Waals surface area contributed by atoms with E-state index in [0.717, 1.165) is 5.56 Å². The minimum absolute atomic E-state index is 0.143. The first-order chi connectivity index (χ1) is 9.95. The quantitative estimate of drug-likeness (QED) is 0.752. The minimum atomic E-state index is -3.49. The summed E-state index contributed by atoms with van der Waals surface area (Å²) in [5.41, 5.74) is 8.13. The lowest BCUT2D eigenvalue weighted by Gasteiger charge is -2.02. The van der Waals surface area contributed by atoms with Crippen molar-refractivity contribution in [2.45, 2.75) is 17.6 Å². The maximum atomic E-state index is 12.4. The predicted molar refractivity (Wildman–Crippen MR) is 80.5 cm³/mol. The van der Waals surface area contributed by atoms with E-state index in [9.17, 15) is 8.42 Å². The highest BCUT2D eigenvalue weighted by molar-refractivity contribution is 7.90. The van der Waals surface area contributed by atoms with Crippen molar-refractivity contribution in [3.8, 4) is 0 Å². The molecule has 1 aromatic heterocycles. The summed E-state index contributed by atoms with van der Waals surface area (Å²) in [6.45, 7) is 1.85. The van der Waals surface area contributed by atoms with Gasteiger partial charge in [0, 0.05) is 0 Å². The van der Waals surface area contributed by atoms with Gasteiger partial charge in [-0.15, -0.1) is 0 Å². The van der Waals surface area contributed by atoms with Gasteiger partial charge in [0.05, 0.1) is 10.6 Å². The van der Waals surface area contributed by atoms with Gasteiger partial charge in [0.1, 0.15) is 11.3 Å². The first-order valence-corrected chi connectivity index (χ1v) is 8.04. The van der Waals surface area contributed by atoms with Crippen LogP contribution in [0.25, 0.3) is 11.1 Å². The smallest absolute Gasteiger partial charge is 0.211 e. The number of para-hydroxylation sites is 1. The number of rotatable bonds is 3. The SMILES string of the molecule is Cc1cccc(S(=O)(=O)Cc2nc3c(N)cccc3o2)c1. The maximum absolute atomic E-state index is 12.4. The molecule has 0 bridgehead atoms. The first kappa shape index (κ1) is 13.6. The number of hydrogen-bond acceptors (Lipinski definition) is 5. The van der Waals surface area contributed by atoms with E-state index >= 15 is 0 Å². The highest BCUT2D eigenvalue weighted by atomic mass is 32.2. The Labute approximate surface area is 122 Å². The summed E-state index contributed by atoms with van der Waals surface area (Å²) in [6, 6.07) is 11.9. The van der Waals surface area contributed by atoms with E-state index in [1.54, 1.807) is 36.4 Å². The summed E-state index contributed by atoms with van der Waals surface area (Å²) in [4.78, 5) is 4.44. The van der Waals surface area contributed by atoms with Gasteiger partial charge in [-0.25, -0.2) is 13.4 Å². The first-order valence-electron chi connectivity index (χ1n) is 6.39. The number of nitrogen functional groups attached to an aromatic ring is 1. The van der Waals surface area contributed by atoms with Crippen LogP contribution in [0.5, 0.6) is 0 Å². The molecule has 0 radical (unpaired) electrons. The van der Waals surface area contributed by atoms with E-state index in [2.05, 4.69) is 4.98 Å². The fourth-order valence-electron chi connectivity index (χ4n) is 2.13. The summed E-state index contributed by atoms with van der Waals surface area (Å²) < 4.78 is 30.2. The molecule has 21 heavy (non-hydrogen) atoms. The number of hydrogen-bond donors (Lipinski definition) is 1. The van der Waals surface area contributed by atoms with Crippen molar-refractivity contribution in [1.29, 1.82) is 0 Å². The van der Waals surface area contributed by atoms with Crippen LogP contribution in [0.2, 0.25) is 0 Å². The molecule has 0 saturated carbocycles. The third-order valence-electron chi connectivity index (χ3n) is 3.16. The zero-order valence-electron chi connectivity index (χ0n) is 11.4. The molecule has 0 fully saturated rings. The number of aromatic nitrogens is 1. The van der Waals surface area contributed by atoms with E-state index < -0.39 is 9.84 Å². The summed E-state index contributed by atoms with van der Waals surface area (Å²) in [5, 5.41) is 0. The van der Waals surface area contributed by atoms with Crippen LogP contribution in [0.15, 0.2) is 51.8 Å². The van der Waals surface area contributed by atoms with Gasteiger partial charge in [-0.3, -0.25) is 0 Å². The summed E-state index contributed by atoms with van der Waals surface area (Å²) in [7, 11) is -3.49. The van der Waals surface area contributed by atoms with Crippen molar-refractivity contribution >= 4 is 26.6 Å². The lowest BCUT2D eigenvalue weighted by molar-refractivity contribution is 0.540. The number of aryl methyl sites for hydroxylation is 1. The van der Waals surface area contributed by atoms with Crippen LogP contribution in [0.3, 0.4) is 0 Å². The monoisotopic (exact) mass is 302 g/mol. The standard InChI is InChI=1S/C15H14N2O3S/c1-10-4-2-5-11(8-10)21(18,19)9-14-17-15-12(16)6-3-7-13(15)20-14/h2-8H,9,16H2,1H3. The molecule has 3 aromatic rings. The molecule has 0 spiro atoms. The number of oxazole rings is 1. The van der Waals surface area contributed by atoms with E-state index in [1.165, 1.54) is 0 Å². The van der Waals surface area contributed by atoms with Gasteiger partial charge in [0.2, 0.25) is 5.89 Å². The van der Waals surface area contributed by atoms with Gasteiger partial charge in [0.15, 0.2) is 15.4 Å². The van der Waals surface area contributed by atoms with Gasteiger partial charge in [-0.2, -0.15) is 0 Å². The van der Waals surface area contributed by atoms with E-state index in [-0.39, 0.29) is 16.5 Å². The van der Waals surface area contributed by atoms with Gasteiger partial charge in [-0.1, -0.05) is 18.2 Å². The second-order valence-corrected chi connectivity index (χ2v) is 6.87. The Hall–Kier alpha value is -2.34. The zero-order valence-corrected chi connectivity index (χ0v) is 12.2. The highest BCUT2D eigenvalue weighted by Crippen LogP contribution is 2.24. The normalized spacial score (nSPS) is 11.9. The molecule has 108 valence electrons. The number of fused-ring (bicyclic) bond motifs is 1. The number of anilines is 1. The van der Waals surface area contributed by atoms with Crippen molar-refractivity contribution in [1.82, 2.24) is 4.98 Å². The summed E-state index contributed by atoms with van der Waals surface area (Å²) >= 11 is 0. The number of nitrogens with zero attached hydrogens (tertiary/aromatic N) is 1. The molecule has 0 aliphatic rings. The maximum Gasteiger partial charge on any atom is 0.211 e. The number of benzene rings is 2. The molecule has 0 amide bonds. The topological polar surface area (TPSA) is 86.2 Å². The van der Waals surface area contributed by atoms with Crippen molar-refractivity contribution in [2.75, 3.05) is 5.73 Å². The third kappa shape index (κ3) is 2.62. The van der Waals surface area contributed by atoms with Crippen LogP contribution < -0.4 is 5.73 Å². The molecule has 2 N–H and O–H groups in total. The molecule has 5 nitrogen and oxygen atoms in total. The zero-order chi connectivity index (χ0) is 15.0. The van der Waals surface area contributed by atoms with Gasteiger partial charge in [0.25, 0.3) is 0 Å². The molecule has 0 unspecified atom stereocenters. The van der Waals surface area contributed by atoms with Crippen LogP contribution in [0, 0.1) is 6.92 Å². The second-order valence-electron chi connectivity index (χ2n) is 4.88. The van der Waals surface area contributed by atoms with Crippen LogP contribution in [-0.4, -0.2) is 13.4 Å². The van der Waals surface area contributed by atoms with Crippen molar-refractivity contribution in [3.05, 3.63) is 53.9 Å². The Balaban J connectivity index is 1.99. The third-order valence-corrected chi connectivity index (χ3v) is 4.76. The van der Waals surface area contributed by atoms with Crippen LogP contribution in [-0.2, 0) is 15.6 Å². The lowest BCUT2D eigenvalue weighted by Crippen LogP contribution is -2.05. The average Bonchev–Trinajstić information content (AvgIpc) is 2.82. The molecule has 6 heteroatoms. The Morgan fingerprint density at radius 3 is 2.67 bits per heavy atom. The molecule has 3 rings (SSSR count). The van der Waals surface area contributed by atoms with E-state index in [4.69, 9.17) is 10.2 Å². The molecule has 0 atom stereocenters. The molecule has 1 heterocycles. The fraction of sp³-hybridized carbons (Fsp3) is 0.133. The molecule has 0 saturated heterocycles. The van der Waals surface area contributed by atoms with Gasteiger partial charge in [-0.05, 0) is 36.8 Å². The van der Waals surface area contributed by atoms with Crippen molar-refractivity contribution in [2.24, 2.45) is 0 Å². The minimum Gasteiger partial charge on any atom is -0.439 e. The van der Waals surface area contributed by atoms with E-state index in [1.807, 2.05) is 13.0 Å². The molecule has 0 aliphatic heterocycles. The number of nitrogens with two attached hydrogens (primary N) is 1. The Morgan fingerprint density at radius 1 is 1.19 bits per heavy atom. The van der Waals surface area contributed by atoms with Crippen LogP contribution in [0.4, 0.5) is 5.69 Å². The molecule has 2 aromatic carbocycles. The molecular formula is C15H14N2O3S. The lowest BCUT2D eigenvalue weighted by atomic mass is 10.2. The second kappa shape index (κ2) is 4.89. The summed E-state index contributed by atoms with van der Waals surface area (Å²) in [6.07, 6.45) is 0.